The monoisotopic (exact) mass is 668 g/mol. The lowest BCUT2D eigenvalue weighted by Gasteiger charge is -2.12. The number of pyridine rings is 1. The zero-order valence-corrected chi connectivity index (χ0v) is 28.2. The second-order valence-corrected chi connectivity index (χ2v) is 13.7. The lowest BCUT2D eigenvalue weighted by atomic mass is 9.94. The van der Waals surface area contributed by atoms with Gasteiger partial charge in [-0.25, -0.2) is 15.0 Å². The molecule has 51 heavy (non-hydrogen) atoms. The average molecular weight is 669 g/mol. The molecule has 3 heterocycles. The van der Waals surface area contributed by atoms with Crippen LogP contribution in [0.2, 0.25) is 0 Å². The van der Waals surface area contributed by atoms with Crippen molar-refractivity contribution in [2.45, 2.75) is 0 Å². The maximum atomic E-state index is 4.96. The van der Waals surface area contributed by atoms with Gasteiger partial charge in [0.1, 0.15) is 0 Å². The van der Waals surface area contributed by atoms with E-state index in [1.54, 1.807) is 0 Å². The summed E-state index contributed by atoms with van der Waals surface area (Å²) in [6.07, 6.45) is 1.97. The van der Waals surface area contributed by atoms with Gasteiger partial charge in [-0.05, 0) is 52.4 Å². The van der Waals surface area contributed by atoms with E-state index in [1.165, 1.54) is 47.6 Å². The lowest BCUT2D eigenvalue weighted by molar-refractivity contribution is 1.07. The molecule has 0 saturated heterocycles. The van der Waals surface area contributed by atoms with Gasteiger partial charge in [0.15, 0.2) is 17.5 Å². The number of hydrogen-bond acceptors (Lipinski definition) is 5. The Kier molecular flexibility index (Phi) is 6.96. The maximum Gasteiger partial charge on any atom is 0.164 e. The van der Waals surface area contributed by atoms with E-state index in [9.17, 15) is 0 Å². The predicted molar refractivity (Wildman–Crippen MR) is 213 cm³/mol. The van der Waals surface area contributed by atoms with Gasteiger partial charge in [-0.15, -0.1) is 11.3 Å². The Morgan fingerprint density at radius 2 is 0.922 bits per heavy atom. The summed E-state index contributed by atoms with van der Waals surface area (Å²) >= 11 is 1.85. The van der Waals surface area contributed by atoms with Crippen molar-refractivity contribution in [3.8, 4) is 56.4 Å². The normalized spacial score (nSPS) is 11.5. The topological polar surface area (TPSA) is 51.6 Å². The fourth-order valence-corrected chi connectivity index (χ4v) is 8.20. The number of thiophene rings is 1. The molecular weight excluding hydrogens is 641 g/mol. The number of para-hydroxylation sites is 1. The van der Waals surface area contributed by atoms with Crippen LogP contribution in [0.1, 0.15) is 0 Å². The number of rotatable bonds is 5. The Labute approximate surface area is 298 Å². The van der Waals surface area contributed by atoms with Crippen molar-refractivity contribution in [1.29, 1.82) is 0 Å². The first-order chi connectivity index (χ1) is 25.2. The second-order valence-electron chi connectivity index (χ2n) is 12.7. The van der Waals surface area contributed by atoms with Gasteiger partial charge < -0.3 is 0 Å². The molecule has 0 unspecified atom stereocenters. The average Bonchev–Trinajstić information content (AvgIpc) is 3.59. The Balaban J connectivity index is 1.12. The van der Waals surface area contributed by atoms with Crippen LogP contribution < -0.4 is 0 Å². The van der Waals surface area contributed by atoms with Gasteiger partial charge in [-0.2, -0.15) is 0 Å². The van der Waals surface area contributed by atoms with Gasteiger partial charge in [0.05, 0.1) is 5.52 Å². The van der Waals surface area contributed by atoms with Crippen molar-refractivity contribution in [1.82, 2.24) is 19.9 Å². The molecule has 0 aliphatic heterocycles. The van der Waals surface area contributed by atoms with Gasteiger partial charge >= 0.3 is 0 Å². The summed E-state index contributed by atoms with van der Waals surface area (Å²) in [4.78, 5) is 19.5. The molecule has 0 aliphatic rings. The van der Waals surface area contributed by atoms with E-state index in [0.29, 0.717) is 17.5 Å². The van der Waals surface area contributed by atoms with E-state index >= 15 is 0 Å². The van der Waals surface area contributed by atoms with Crippen LogP contribution in [0, 0.1) is 0 Å². The molecular formula is C46H28N4S. The Morgan fingerprint density at radius 3 is 1.63 bits per heavy atom. The maximum absolute atomic E-state index is 4.96. The smallest absolute Gasteiger partial charge is 0.164 e. The molecule has 5 heteroatoms. The quantitative estimate of drug-likeness (QED) is 0.171. The van der Waals surface area contributed by atoms with Crippen LogP contribution in [0.5, 0.6) is 0 Å². The molecule has 7 aromatic carbocycles. The third-order valence-corrected chi connectivity index (χ3v) is 10.8. The highest BCUT2D eigenvalue weighted by Crippen LogP contribution is 2.43. The minimum atomic E-state index is 0.646. The number of nitrogens with zero attached hydrogens (tertiary/aromatic N) is 4. The lowest BCUT2D eigenvalue weighted by Crippen LogP contribution is -2.00. The fraction of sp³-hybridized carbons (Fsp3) is 0. The van der Waals surface area contributed by atoms with Crippen molar-refractivity contribution < 1.29 is 0 Å². The number of aromatic nitrogens is 4. The summed E-state index contributed by atoms with van der Waals surface area (Å²) in [5.41, 5.74) is 8.58. The molecule has 0 fully saturated rings. The van der Waals surface area contributed by atoms with Gasteiger partial charge in [0.25, 0.3) is 0 Å². The molecule has 10 rings (SSSR count). The van der Waals surface area contributed by atoms with Gasteiger partial charge in [-0.1, -0.05) is 133 Å². The SMILES string of the molecule is c1ccc(-c2nc(-c3ccccc3)nc(-c3ccc(-c4cc(-c5ccc6cnc7ccccc7c6c5)cc5c4sc4ccccc45)cc3)n2)cc1. The zero-order chi connectivity index (χ0) is 33.7. The third-order valence-electron chi connectivity index (χ3n) is 9.56. The van der Waals surface area contributed by atoms with E-state index in [0.717, 1.165) is 33.2 Å². The highest BCUT2D eigenvalue weighted by Gasteiger charge is 2.16. The van der Waals surface area contributed by atoms with Crippen molar-refractivity contribution in [2.24, 2.45) is 0 Å². The Bertz CT molecular complexity index is 2840. The van der Waals surface area contributed by atoms with Gasteiger partial charge in [0, 0.05) is 59.4 Å². The van der Waals surface area contributed by atoms with Crippen molar-refractivity contribution in [2.75, 3.05) is 0 Å². The summed E-state index contributed by atoms with van der Waals surface area (Å²) in [6, 6.07) is 57.4. The van der Waals surface area contributed by atoms with Crippen LogP contribution in [0.4, 0.5) is 0 Å². The van der Waals surface area contributed by atoms with Gasteiger partial charge in [0.2, 0.25) is 0 Å². The first-order valence-electron chi connectivity index (χ1n) is 17.0. The number of fused-ring (bicyclic) bond motifs is 6. The van der Waals surface area contributed by atoms with Crippen molar-refractivity contribution >= 4 is 53.2 Å². The zero-order valence-electron chi connectivity index (χ0n) is 27.4. The van der Waals surface area contributed by atoms with Crippen molar-refractivity contribution in [3.63, 3.8) is 0 Å². The summed E-state index contributed by atoms with van der Waals surface area (Å²) < 4.78 is 2.56. The summed E-state index contributed by atoms with van der Waals surface area (Å²) in [7, 11) is 0. The van der Waals surface area contributed by atoms with Crippen LogP contribution in [0.15, 0.2) is 170 Å². The van der Waals surface area contributed by atoms with Gasteiger partial charge in [-0.3, -0.25) is 4.98 Å². The molecule has 4 nitrogen and oxygen atoms in total. The Hall–Kier alpha value is -6.56. The number of benzene rings is 7. The highest BCUT2D eigenvalue weighted by atomic mass is 32.1. The molecule has 0 spiro atoms. The molecule has 0 atom stereocenters. The summed E-state index contributed by atoms with van der Waals surface area (Å²) in [5.74, 6) is 1.96. The highest BCUT2D eigenvalue weighted by molar-refractivity contribution is 7.26. The van der Waals surface area contributed by atoms with E-state index < -0.39 is 0 Å². The predicted octanol–water partition coefficient (Wildman–Crippen LogP) is 12.3. The molecule has 0 radical (unpaired) electrons. The standard InChI is InChI=1S/C46H28N4S/c1-3-11-30(12-4-1)44-48-45(31-13-5-2-6-14-31)50-46(49-44)32-21-19-29(20-22-32)39-26-35(27-40-37-16-8-10-18-42(37)51-43(39)40)33-23-24-34-28-47-41-17-9-7-15-36(41)38(34)25-33/h1-28H. The molecule has 0 amide bonds. The Morgan fingerprint density at radius 1 is 0.373 bits per heavy atom. The molecule has 3 aromatic heterocycles. The second kappa shape index (κ2) is 12.1. The molecule has 238 valence electrons. The molecule has 0 saturated carbocycles. The molecule has 0 N–H and O–H groups in total. The van der Waals surface area contributed by atoms with Crippen LogP contribution in [0.25, 0.3) is 98.3 Å². The van der Waals surface area contributed by atoms with Crippen LogP contribution in [0.3, 0.4) is 0 Å². The number of hydrogen-bond donors (Lipinski definition) is 0. The largest absolute Gasteiger partial charge is 0.256 e. The molecule has 0 aliphatic carbocycles. The summed E-state index contributed by atoms with van der Waals surface area (Å²) in [6.45, 7) is 0. The van der Waals surface area contributed by atoms with E-state index in [-0.39, 0.29) is 0 Å². The molecule has 10 aromatic rings. The summed E-state index contributed by atoms with van der Waals surface area (Å²) in [5, 5.41) is 6.06. The van der Waals surface area contributed by atoms with Crippen LogP contribution in [-0.2, 0) is 0 Å². The van der Waals surface area contributed by atoms with E-state index in [2.05, 4.69) is 97.1 Å². The first-order valence-corrected chi connectivity index (χ1v) is 17.8. The van der Waals surface area contributed by atoms with Crippen LogP contribution >= 0.6 is 11.3 Å². The first kappa shape index (κ1) is 29.4. The minimum Gasteiger partial charge on any atom is -0.256 e. The third kappa shape index (κ3) is 5.23. The fourth-order valence-electron chi connectivity index (χ4n) is 6.98. The van der Waals surface area contributed by atoms with Crippen LogP contribution in [-0.4, -0.2) is 19.9 Å². The minimum absolute atomic E-state index is 0.646. The van der Waals surface area contributed by atoms with Crippen molar-refractivity contribution in [3.05, 3.63) is 170 Å². The van der Waals surface area contributed by atoms with E-state index in [1.807, 2.05) is 84.3 Å². The molecule has 0 bridgehead atoms. The van der Waals surface area contributed by atoms with E-state index in [4.69, 9.17) is 19.9 Å².